The Bertz CT molecular complexity index is 618. The van der Waals surface area contributed by atoms with Crippen LogP contribution >= 0.6 is 0 Å². The fourth-order valence-corrected chi connectivity index (χ4v) is 3.15. The van der Waals surface area contributed by atoms with Gasteiger partial charge in [-0.25, -0.2) is 0 Å². The number of nitrogens with one attached hydrogen (secondary N) is 1. The summed E-state index contributed by atoms with van der Waals surface area (Å²) in [6, 6.07) is 18.6. The van der Waals surface area contributed by atoms with Crippen LogP contribution in [-0.2, 0) is 16.9 Å². The van der Waals surface area contributed by atoms with Crippen LogP contribution in [-0.4, -0.2) is 5.78 Å². The summed E-state index contributed by atoms with van der Waals surface area (Å²) < 4.78 is 0. The summed E-state index contributed by atoms with van der Waals surface area (Å²) in [6.45, 7) is 2.80. The zero-order valence-corrected chi connectivity index (χ0v) is 12.4. The number of hydrogen-bond donors (Lipinski definition) is 1. The Morgan fingerprint density at radius 3 is 2.38 bits per heavy atom. The predicted molar refractivity (Wildman–Crippen MR) is 85.0 cm³/mol. The first-order valence-electron chi connectivity index (χ1n) is 7.60. The Hall–Kier alpha value is -1.93. The van der Waals surface area contributed by atoms with Gasteiger partial charge >= 0.3 is 0 Å². The minimum atomic E-state index is -0.496. The summed E-state index contributed by atoms with van der Waals surface area (Å²) in [7, 11) is 0. The first-order chi connectivity index (χ1) is 10.2. The van der Waals surface area contributed by atoms with Crippen LogP contribution in [0.4, 0.5) is 0 Å². The van der Waals surface area contributed by atoms with E-state index in [2.05, 4.69) is 48.6 Å². The number of benzene rings is 2. The molecule has 0 amide bonds. The van der Waals surface area contributed by atoms with Crippen molar-refractivity contribution in [3.05, 3.63) is 71.3 Å². The molecule has 2 aromatic carbocycles. The lowest BCUT2D eigenvalue weighted by molar-refractivity contribution is -0.123. The van der Waals surface area contributed by atoms with Gasteiger partial charge in [0.1, 0.15) is 5.54 Å². The molecule has 1 fully saturated rings. The molecular weight excluding hydrogens is 258 g/mol. The van der Waals surface area contributed by atoms with Crippen molar-refractivity contribution < 1.29 is 4.79 Å². The second-order valence-electron chi connectivity index (χ2n) is 5.89. The molecule has 1 aliphatic carbocycles. The van der Waals surface area contributed by atoms with Crippen molar-refractivity contribution >= 4 is 5.78 Å². The van der Waals surface area contributed by atoms with Crippen molar-refractivity contribution in [3.63, 3.8) is 0 Å². The van der Waals surface area contributed by atoms with E-state index in [4.69, 9.17) is 0 Å². The molecule has 1 unspecified atom stereocenters. The van der Waals surface area contributed by atoms with E-state index >= 15 is 0 Å². The highest BCUT2D eigenvalue weighted by atomic mass is 16.1. The molecule has 0 heterocycles. The van der Waals surface area contributed by atoms with Gasteiger partial charge in [-0.1, -0.05) is 60.2 Å². The van der Waals surface area contributed by atoms with Crippen LogP contribution in [0, 0.1) is 6.92 Å². The zero-order chi connectivity index (χ0) is 14.7. The van der Waals surface area contributed by atoms with Gasteiger partial charge < -0.3 is 0 Å². The molecule has 21 heavy (non-hydrogen) atoms. The summed E-state index contributed by atoms with van der Waals surface area (Å²) in [4.78, 5) is 12.5. The standard InChI is InChI=1S/C19H21NO/c1-15-9-11-17(12-10-15)19(13-5-8-18(19)21)20-14-16-6-3-2-4-7-16/h2-4,6-7,9-12,20H,5,8,13-14H2,1H3. The number of carbonyl (C=O) groups is 1. The molecule has 2 aromatic rings. The quantitative estimate of drug-likeness (QED) is 0.924. The van der Waals surface area contributed by atoms with Gasteiger partial charge in [-0.15, -0.1) is 0 Å². The molecule has 0 spiro atoms. The second kappa shape index (κ2) is 5.82. The Balaban J connectivity index is 1.87. The van der Waals surface area contributed by atoms with Crippen LogP contribution in [0.25, 0.3) is 0 Å². The molecule has 3 rings (SSSR count). The molecule has 0 aliphatic heterocycles. The van der Waals surface area contributed by atoms with Crippen LogP contribution < -0.4 is 5.32 Å². The second-order valence-corrected chi connectivity index (χ2v) is 5.89. The lowest BCUT2D eigenvalue weighted by Crippen LogP contribution is -2.45. The van der Waals surface area contributed by atoms with Gasteiger partial charge in [-0.2, -0.15) is 0 Å². The molecule has 1 atom stereocenters. The molecule has 0 aromatic heterocycles. The summed E-state index contributed by atoms with van der Waals surface area (Å²) in [5, 5.41) is 3.55. The largest absolute Gasteiger partial charge is 0.297 e. The number of carbonyl (C=O) groups excluding carboxylic acids is 1. The zero-order valence-electron chi connectivity index (χ0n) is 12.4. The first-order valence-corrected chi connectivity index (χ1v) is 7.60. The molecule has 2 heteroatoms. The number of hydrogen-bond acceptors (Lipinski definition) is 2. The molecule has 108 valence electrons. The summed E-state index contributed by atoms with van der Waals surface area (Å²) in [5.74, 6) is 0.322. The molecule has 0 saturated heterocycles. The molecule has 0 bridgehead atoms. The Labute approximate surface area is 126 Å². The number of aryl methyl sites for hydroxylation is 1. The molecule has 1 saturated carbocycles. The molecule has 1 N–H and O–H groups in total. The fraction of sp³-hybridized carbons (Fsp3) is 0.316. The molecular formula is C19H21NO. The highest BCUT2D eigenvalue weighted by Crippen LogP contribution is 2.36. The maximum atomic E-state index is 12.5. The summed E-state index contributed by atoms with van der Waals surface area (Å²) in [5.41, 5.74) is 3.04. The third-order valence-corrected chi connectivity index (χ3v) is 4.41. The van der Waals surface area contributed by atoms with E-state index in [0.29, 0.717) is 12.2 Å². The lowest BCUT2D eigenvalue weighted by Gasteiger charge is -2.30. The Morgan fingerprint density at radius 2 is 1.76 bits per heavy atom. The van der Waals surface area contributed by atoms with E-state index < -0.39 is 5.54 Å². The first kappa shape index (κ1) is 14.0. The average molecular weight is 279 g/mol. The molecule has 2 nitrogen and oxygen atoms in total. The lowest BCUT2D eigenvalue weighted by atomic mass is 9.86. The minimum Gasteiger partial charge on any atom is -0.297 e. The maximum absolute atomic E-state index is 12.5. The van der Waals surface area contributed by atoms with Gasteiger partial charge in [0.15, 0.2) is 5.78 Å². The summed E-state index contributed by atoms with van der Waals surface area (Å²) in [6.07, 6.45) is 2.53. The normalized spacial score (nSPS) is 21.7. The Kier molecular flexibility index (Phi) is 3.89. The number of rotatable bonds is 4. The average Bonchev–Trinajstić information content (AvgIpc) is 2.89. The van der Waals surface area contributed by atoms with Crippen LogP contribution in [0.15, 0.2) is 54.6 Å². The van der Waals surface area contributed by atoms with Crippen molar-refractivity contribution in [2.75, 3.05) is 0 Å². The van der Waals surface area contributed by atoms with Crippen molar-refractivity contribution in [2.24, 2.45) is 0 Å². The van der Waals surface area contributed by atoms with Gasteiger partial charge in [0.2, 0.25) is 0 Å². The van der Waals surface area contributed by atoms with Crippen LogP contribution in [0.2, 0.25) is 0 Å². The van der Waals surface area contributed by atoms with E-state index in [1.807, 2.05) is 18.2 Å². The van der Waals surface area contributed by atoms with Gasteiger partial charge in [0.05, 0.1) is 0 Å². The van der Waals surface area contributed by atoms with Crippen molar-refractivity contribution in [1.29, 1.82) is 0 Å². The van der Waals surface area contributed by atoms with E-state index in [-0.39, 0.29) is 0 Å². The maximum Gasteiger partial charge on any atom is 0.157 e. The predicted octanol–water partition coefficient (Wildman–Crippen LogP) is 3.73. The monoisotopic (exact) mass is 279 g/mol. The smallest absolute Gasteiger partial charge is 0.157 e. The van der Waals surface area contributed by atoms with E-state index in [1.165, 1.54) is 11.1 Å². The minimum absolute atomic E-state index is 0.322. The third-order valence-electron chi connectivity index (χ3n) is 4.41. The van der Waals surface area contributed by atoms with E-state index in [1.54, 1.807) is 0 Å². The Morgan fingerprint density at radius 1 is 1.05 bits per heavy atom. The number of Topliss-reactive ketones (excluding diaryl/α,β-unsaturated/α-hetero) is 1. The van der Waals surface area contributed by atoms with Crippen LogP contribution in [0.1, 0.15) is 36.0 Å². The van der Waals surface area contributed by atoms with Gasteiger partial charge in [0.25, 0.3) is 0 Å². The third kappa shape index (κ3) is 2.77. The topological polar surface area (TPSA) is 29.1 Å². The van der Waals surface area contributed by atoms with E-state index in [0.717, 1.165) is 24.9 Å². The fourth-order valence-electron chi connectivity index (χ4n) is 3.15. The molecule has 0 radical (unpaired) electrons. The van der Waals surface area contributed by atoms with Crippen LogP contribution in [0.5, 0.6) is 0 Å². The van der Waals surface area contributed by atoms with Crippen LogP contribution in [0.3, 0.4) is 0 Å². The molecule has 1 aliphatic rings. The van der Waals surface area contributed by atoms with Crippen molar-refractivity contribution in [2.45, 2.75) is 38.3 Å². The summed E-state index contributed by atoms with van der Waals surface area (Å²) >= 11 is 0. The van der Waals surface area contributed by atoms with Gasteiger partial charge in [-0.3, -0.25) is 10.1 Å². The van der Waals surface area contributed by atoms with E-state index in [9.17, 15) is 4.79 Å². The van der Waals surface area contributed by atoms with Gasteiger partial charge in [-0.05, 0) is 30.9 Å². The number of ketones is 1. The highest BCUT2D eigenvalue weighted by molar-refractivity contribution is 5.91. The van der Waals surface area contributed by atoms with Crippen molar-refractivity contribution in [3.8, 4) is 0 Å². The van der Waals surface area contributed by atoms with Gasteiger partial charge in [0, 0.05) is 13.0 Å². The highest BCUT2D eigenvalue weighted by Gasteiger charge is 2.42. The van der Waals surface area contributed by atoms with Crippen molar-refractivity contribution in [1.82, 2.24) is 5.32 Å². The SMILES string of the molecule is Cc1ccc(C2(NCc3ccccc3)CCCC2=O)cc1.